The fraction of sp³-hybridized carbons (Fsp3) is 0.750. The summed E-state index contributed by atoms with van der Waals surface area (Å²) in [7, 11) is 0. The van der Waals surface area contributed by atoms with Crippen LogP contribution in [0, 0.1) is 28.6 Å². The Labute approximate surface area is 169 Å². The lowest BCUT2D eigenvalue weighted by Crippen LogP contribution is -2.56. The molecule has 4 heteroatoms. The summed E-state index contributed by atoms with van der Waals surface area (Å²) in [6.45, 7) is 9.05. The van der Waals surface area contributed by atoms with Crippen LogP contribution in [0.1, 0.15) is 64.6 Å². The average molecular weight is 388 g/mol. The van der Waals surface area contributed by atoms with E-state index in [2.05, 4.69) is 20.4 Å². The number of allylic oxidation sites excluding steroid dienone is 1. The van der Waals surface area contributed by atoms with Crippen molar-refractivity contribution < 1.29 is 14.6 Å². The zero-order valence-electron chi connectivity index (χ0n) is 17.4. The monoisotopic (exact) mass is 387 g/mol. The first kappa shape index (κ1) is 20.2. The van der Waals surface area contributed by atoms with Gasteiger partial charge in [0.25, 0.3) is 0 Å². The molecule has 3 fully saturated rings. The molecular formula is C24H37NO3. The summed E-state index contributed by atoms with van der Waals surface area (Å²) in [6.07, 6.45) is 8.20. The zero-order chi connectivity index (χ0) is 20.1. The molecule has 1 aromatic rings. The van der Waals surface area contributed by atoms with Crippen molar-refractivity contribution in [1.82, 2.24) is 0 Å². The number of aliphatic hydroxyl groups excluding tert-OH is 2. The first-order valence-corrected chi connectivity index (χ1v) is 11.1. The predicted molar refractivity (Wildman–Crippen MR) is 111 cm³/mol. The second kappa shape index (κ2) is 7.30. The molecular weight excluding hydrogens is 350 g/mol. The van der Waals surface area contributed by atoms with Gasteiger partial charge in [0.1, 0.15) is 5.76 Å². The lowest BCUT2D eigenvalue weighted by atomic mass is 9.49. The lowest BCUT2D eigenvalue weighted by molar-refractivity contribution is -0.123. The molecule has 0 radical (unpaired) electrons. The molecule has 1 aromatic heterocycles. The molecule has 0 amide bonds. The smallest absolute Gasteiger partial charge is 0.105 e. The van der Waals surface area contributed by atoms with Gasteiger partial charge in [0.15, 0.2) is 0 Å². The number of furan rings is 1. The van der Waals surface area contributed by atoms with Gasteiger partial charge in [-0.3, -0.25) is 0 Å². The van der Waals surface area contributed by atoms with Crippen LogP contribution < -0.4 is 5.73 Å². The van der Waals surface area contributed by atoms with Crippen LogP contribution in [0.25, 0.3) is 0 Å². The molecule has 8 unspecified atom stereocenters. The molecule has 0 spiro atoms. The standard InChI is InChI=1S/C24H37NO3/c1-15-6-7-18-22(20(25)14-17-5-4-12-28-17)19(9-11-23(15,18)2)24(3)10-8-16(26)13-21(24)27/h4-5,12,16,18-22,26-27H,1,6-11,13-14,25H2,2-3H3. The van der Waals surface area contributed by atoms with Crippen molar-refractivity contribution in [2.24, 2.45) is 34.3 Å². The maximum absolute atomic E-state index is 11.0. The number of aliphatic hydroxyl groups is 2. The Morgan fingerprint density at radius 2 is 2.00 bits per heavy atom. The van der Waals surface area contributed by atoms with E-state index in [0.717, 1.165) is 50.7 Å². The van der Waals surface area contributed by atoms with E-state index in [1.165, 1.54) is 5.57 Å². The topological polar surface area (TPSA) is 79.6 Å². The highest BCUT2D eigenvalue weighted by atomic mass is 16.3. The molecule has 3 aliphatic rings. The molecule has 156 valence electrons. The number of rotatable bonds is 4. The van der Waals surface area contributed by atoms with Gasteiger partial charge in [-0.25, -0.2) is 0 Å². The van der Waals surface area contributed by atoms with Crippen LogP contribution in [0.15, 0.2) is 35.0 Å². The van der Waals surface area contributed by atoms with E-state index in [4.69, 9.17) is 10.2 Å². The summed E-state index contributed by atoms with van der Waals surface area (Å²) in [5, 5.41) is 21.1. The van der Waals surface area contributed by atoms with Gasteiger partial charge in [-0.05, 0) is 85.7 Å². The first-order chi connectivity index (χ1) is 13.3. The number of hydrogen-bond donors (Lipinski definition) is 3. The highest BCUT2D eigenvalue weighted by molar-refractivity contribution is 5.22. The third-order valence-corrected chi connectivity index (χ3v) is 8.92. The molecule has 0 aliphatic heterocycles. The summed E-state index contributed by atoms with van der Waals surface area (Å²) in [5.41, 5.74) is 8.27. The minimum absolute atomic E-state index is 0.00236. The van der Waals surface area contributed by atoms with Crippen molar-refractivity contribution in [3.63, 3.8) is 0 Å². The second-order valence-corrected chi connectivity index (χ2v) is 10.3. The summed E-state index contributed by atoms with van der Waals surface area (Å²) in [5.74, 6) is 2.15. The van der Waals surface area contributed by atoms with Gasteiger partial charge in [-0.1, -0.05) is 26.0 Å². The Morgan fingerprint density at radius 3 is 2.68 bits per heavy atom. The van der Waals surface area contributed by atoms with Crippen molar-refractivity contribution in [3.8, 4) is 0 Å². The normalized spacial score (nSPS) is 45.0. The van der Waals surface area contributed by atoms with Crippen LogP contribution in [0.4, 0.5) is 0 Å². The van der Waals surface area contributed by atoms with E-state index in [0.29, 0.717) is 24.2 Å². The maximum atomic E-state index is 11.0. The summed E-state index contributed by atoms with van der Waals surface area (Å²) in [6, 6.07) is 3.94. The lowest BCUT2D eigenvalue weighted by Gasteiger charge is -2.57. The third-order valence-electron chi connectivity index (χ3n) is 8.92. The molecule has 0 saturated heterocycles. The van der Waals surface area contributed by atoms with Gasteiger partial charge in [0, 0.05) is 12.5 Å². The zero-order valence-corrected chi connectivity index (χ0v) is 17.4. The highest BCUT2D eigenvalue weighted by Gasteiger charge is 2.58. The minimum Gasteiger partial charge on any atom is -0.469 e. The van der Waals surface area contributed by atoms with E-state index in [1.807, 2.05) is 12.1 Å². The molecule has 3 saturated carbocycles. The van der Waals surface area contributed by atoms with Gasteiger partial charge in [-0.15, -0.1) is 0 Å². The fourth-order valence-electron chi connectivity index (χ4n) is 6.99. The van der Waals surface area contributed by atoms with Gasteiger partial charge in [-0.2, -0.15) is 0 Å². The van der Waals surface area contributed by atoms with E-state index in [-0.39, 0.29) is 23.0 Å². The fourth-order valence-corrected chi connectivity index (χ4v) is 6.99. The molecule has 0 bridgehead atoms. The predicted octanol–water partition coefficient (Wildman–Crippen LogP) is 4.06. The van der Waals surface area contributed by atoms with E-state index >= 15 is 0 Å². The van der Waals surface area contributed by atoms with Crippen LogP contribution in [0.3, 0.4) is 0 Å². The maximum Gasteiger partial charge on any atom is 0.105 e. The van der Waals surface area contributed by atoms with Crippen molar-refractivity contribution in [1.29, 1.82) is 0 Å². The Morgan fingerprint density at radius 1 is 1.21 bits per heavy atom. The molecule has 3 aliphatic carbocycles. The van der Waals surface area contributed by atoms with Crippen LogP contribution >= 0.6 is 0 Å². The second-order valence-electron chi connectivity index (χ2n) is 10.3. The van der Waals surface area contributed by atoms with E-state index in [9.17, 15) is 10.2 Å². The average Bonchev–Trinajstić information content (AvgIpc) is 3.26. The Kier molecular flexibility index (Phi) is 5.26. The molecule has 1 heterocycles. The molecule has 28 heavy (non-hydrogen) atoms. The Bertz CT molecular complexity index is 701. The molecule has 0 aromatic carbocycles. The van der Waals surface area contributed by atoms with Gasteiger partial charge >= 0.3 is 0 Å². The Balaban J connectivity index is 1.67. The quantitative estimate of drug-likeness (QED) is 0.681. The molecule has 8 atom stereocenters. The Hall–Kier alpha value is -1.10. The molecule has 4 N–H and O–H groups in total. The number of fused-ring (bicyclic) bond motifs is 1. The first-order valence-electron chi connectivity index (χ1n) is 11.1. The van der Waals surface area contributed by atoms with E-state index < -0.39 is 6.10 Å². The van der Waals surface area contributed by atoms with Crippen molar-refractivity contribution >= 4 is 0 Å². The SMILES string of the molecule is C=C1CCC2C(C(N)Cc3ccco3)C(C3(C)CCC(O)CC3O)CCC12C. The van der Waals surface area contributed by atoms with E-state index in [1.54, 1.807) is 6.26 Å². The van der Waals surface area contributed by atoms with Crippen LogP contribution in [-0.4, -0.2) is 28.5 Å². The number of hydrogen-bond acceptors (Lipinski definition) is 4. The van der Waals surface area contributed by atoms with Crippen LogP contribution in [0.5, 0.6) is 0 Å². The van der Waals surface area contributed by atoms with Crippen LogP contribution in [-0.2, 0) is 6.42 Å². The highest BCUT2D eigenvalue weighted by Crippen LogP contribution is 2.63. The van der Waals surface area contributed by atoms with Crippen molar-refractivity contribution in [2.75, 3.05) is 0 Å². The minimum atomic E-state index is -0.464. The van der Waals surface area contributed by atoms with Gasteiger partial charge in [0.05, 0.1) is 18.5 Å². The summed E-state index contributed by atoms with van der Waals surface area (Å²) < 4.78 is 5.61. The van der Waals surface area contributed by atoms with Crippen molar-refractivity contribution in [2.45, 2.75) is 83.5 Å². The van der Waals surface area contributed by atoms with Crippen molar-refractivity contribution in [3.05, 3.63) is 36.3 Å². The van der Waals surface area contributed by atoms with Gasteiger partial charge < -0.3 is 20.4 Å². The largest absolute Gasteiger partial charge is 0.469 e. The molecule has 4 nitrogen and oxygen atoms in total. The summed E-state index contributed by atoms with van der Waals surface area (Å²) in [4.78, 5) is 0. The number of nitrogens with two attached hydrogens (primary N) is 1. The molecule has 4 rings (SSSR count). The van der Waals surface area contributed by atoms with Crippen LogP contribution in [0.2, 0.25) is 0 Å². The third kappa shape index (κ3) is 3.18. The summed E-state index contributed by atoms with van der Waals surface area (Å²) >= 11 is 0. The van der Waals surface area contributed by atoms with Gasteiger partial charge in [0.2, 0.25) is 0 Å².